The molecule has 8 nitrogen and oxygen atoms in total. The molecule has 1 saturated heterocycles. The fourth-order valence-corrected chi connectivity index (χ4v) is 5.52. The highest BCUT2D eigenvalue weighted by atomic mass is 32.2. The lowest BCUT2D eigenvalue weighted by Crippen LogP contribution is -2.30. The number of ether oxygens (including phenoxy) is 3. The van der Waals surface area contributed by atoms with E-state index in [1.165, 1.54) is 33.6 Å². The maximum Gasteiger partial charge on any atom is 0.269 e. The summed E-state index contributed by atoms with van der Waals surface area (Å²) >= 11 is 6.58. The van der Waals surface area contributed by atoms with Crippen LogP contribution < -0.4 is 19.8 Å². The molecule has 204 valence electrons. The summed E-state index contributed by atoms with van der Waals surface area (Å²) in [7, 11) is 3.12. The monoisotopic (exact) mass is 577 g/mol. The van der Waals surface area contributed by atoms with Crippen molar-refractivity contribution < 1.29 is 23.4 Å². The number of nitrogens with zero attached hydrogens (tertiary/aromatic N) is 3. The summed E-state index contributed by atoms with van der Waals surface area (Å²) < 4.78 is 32.6. The number of amides is 1. The van der Waals surface area contributed by atoms with E-state index in [1.807, 2.05) is 12.1 Å². The molecule has 4 aromatic rings. The Labute approximate surface area is 239 Å². The van der Waals surface area contributed by atoms with Crippen LogP contribution >= 0.6 is 24.0 Å². The van der Waals surface area contributed by atoms with Crippen LogP contribution in [0.5, 0.6) is 23.1 Å². The van der Waals surface area contributed by atoms with Crippen molar-refractivity contribution in [1.82, 2.24) is 14.3 Å². The Hall–Kier alpha value is -4.22. The summed E-state index contributed by atoms with van der Waals surface area (Å²) in [6.45, 7) is 2.13. The number of benzene rings is 2. The molecule has 0 radical (unpaired) electrons. The predicted molar refractivity (Wildman–Crippen MR) is 156 cm³/mol. The number of halogens is 1. The zero-order valence-electron chi connectivity index (χ0n) is 21.8. The Morgan fingerprint density at radius 2 is 1.80 bits per heavy atom. The minimum atomic E-state index is -0.610. The number of hydrogen-bond acceptors (Lipinski definition) is 8. The van der Waals surface area contributed by atoms with Crippen molar-refractivity contribution in [2.45, 2.75) is 13.3 Å². The first-order valence-corrected chi connectivity index (χ1v) is 13.4. The van der Waals surface area contributed by atoms with Crippen molar-refractivity contribution >= 4 is 45.9 Å². The highest BCUT2D eigenvalue weighted by Crippen LogP contribution is 2.35. The van der Waals surface area contributed by atoms with Crippen molar-refractivity contribution in [1.29, 1.82) is 0 Å². The van der Waals surface area contributed by atoms with Gasteiger partial charge in [-0.1, -0.05) is 48.2 Å². The standard InChI is InChI=1S/C29H24FN3O5S2/c1-17-7-6-13-32-25(17)31-26(38-21-9-5-4-8-20(21)30)19(27(32)34)16-24-28(35)33(29(39)40-24)14-12-18-10-11-22(36-2)23(15-18)37-3/h4-11,13,15-16H,12,14H2,1-3H3/b24-16+. The van der Waals surface area contributed by atoms with E-state index in [0.717, 1.165) is 22.9 Å². The van der Waals surface area contributed by atoms with E-state index in [9.17, 15) is 14.0 Å². The van der Waals surface area contributed by atoms with Gasteiger partial charge in [-0.3, -0.25) is 18.9 Å². The Balaban J connectivity index is 1.48. The van der Waals surface area contributed by atoms with E-state index in [2.05, 4.69) is 4.98 Å². The van der Waals surface area contributed by atoms with Gasteiger partial charge in [-0.05, 0) is 60.9 Å². The summed E-state index contributed by atoms with van der Waals surface area (Å²) in [4.78, 5) is 33.2. The lowest BCUT2D eigenvalue weighted by Gasteiger charge is -2.15. The first-order valence-electron chi connectivity index (χ1n) is 12.2. The van der Waals surface area contributed by atoms with E-state index >= 15 is 0 Å². The van der Waals surface area contributed by atoms with Crippen molar-refractivity contribution in [3.63, 3.8) is 0 Å². The molecule has 1 fully saturated rings. The summed E-state index contributed by atoms with van der Waals surface area (Å²) in [5.41, 5.74) is 1.57. The molecule has 0 N–H and O–H groups in total. The third kappa shape index (κ3) is 5.30. The third-order valence-corrected chi connectivity index (χ3v) is 7.69. The number of carbonyl (C=O) groups is 1. The largest absolute Gasteiger partial charge is 0.493 e. The summed E-state index contributed by atoms with van der Waals surface area (Å²) in [6, 6.07) is 14.9. The number of para-hydroxylation sites is 1. The molecule has 0 saturated carbocycles. The first-order chi connectivity index (χ1) is 19.3. The van der Waals surface area contributed by atoms with Crippen LogP contribution in [-0.4, -0.2) is 45.3 Å². The lowest BCUT2D eigenvalue weighted by molar-refractivity contribution is -0.122. The quantitative estimate of drug-likeness (QED) is 0.204. The Morgan fingerprint density at radius 3 is 2.55 bits per heavy atom. The molecule has 40 heavy (non-hydrogen) atoms. The molecule has 11 heteroatoms. The van der Waals surface area contributed by atoms with Gasteiger partial charge in [-0.25, -0.2) is 4.39 Å². The number of thiocarbonyl (C=S) groups is 1. The van der Waals surface area contributed by atoms with Crippen LogP contribution in [-0.2, 0) is 11.2 Å². The third-order valence-electron chi connectivity index (χ3n) is 6.31. The van der Waals surface area contributed by atoms with Crippen molar-refractivity contribution in [2.24, 2.45) is 0 Å². The molecular weight excluding hydrogens is 553 g/mol. The van der Waals surface area contributed by atoms with Crippen LogP contribution in [0.3, 0.4) is 0 Å². The van der Waals surface area contributed by atoms with E-state index in [1.54, 1.807) is 51.6 Å². The average Bonchev–Trinajstić information content (AvgIpc) is 3.22. The first kappa shape index (κ1) is 27.4. The van der Waals surface area contributed by atoms with Crippen LogP contribution in [0.25, 0.3) is 11.7 Å². The van der Waals surface area contributed by atoms with Gasteiger partial charge in [0.1, 0.15) is 15.5 Å². The molecular formula is C29H24FN3O5S2. The number of thioether (sulfide) groups is 1. The normalized spacial score (nSPS) is 14.3. The highest BCUT2D eigenvalue weighted by molar-refractivity contribution is 8.26. The minimum Gasteiger partial charge on any atom is -0.493 e. The maximum atomic E-state index is 14.4. The number of fused-ring (bicyclic) bond motifs is 1. The highest BCUT2D eigenvalue weighted by Gasteiger charge is 2.32. The number of hydrogen-bond donors (Lipinski definition) is 0. The average molecular weight is 578 g/mol. The summed E-state index contributed by atoms with van der Waals surface area (Å²) in [6.07, 6.45) is 3.51. The molecule has 0 unspecified atom stereocenters. The Morgan fingerprint density at radius 1 is 1.02 bits per heavy atom. The number of aryl methyl sites for hydroxylation is 1. The topological polar surface area (TPSA) is 82.4 Å². The van der Waals surface area contributed by atoms with Crippen LogP contribution in [0.15, 0.2) is 70.5 Å². The van der Waals surface area contributed by atoms with Crippen molar-refractivity contribution in [3.05, 3.63) is 98.6 Å². The zero-order chi connectivity index (χ0) is 28.4. The molecule has 0 bridgehead atoms. The maximum absolute atomic E-state index is 14.4. The molecule has 2 aromatic heterocycles. The van der Waals surface area contributed by atoms with E-state index in [0.29, 0.717) is 34.4 Å². The fourth-order valence-electron chi connectivity index (χ4n) is 4.23. The second kappa shape index (κ2) is 11.5. The van der Waals surface area contributed by atoms with Gasteiger partial charge in [0.15, 0.2) is 23.1 Å². The number of rotatable bonds is 8. The van der Waals surface area contributed by atoms with Crippen molar-refractivity contribution in [3.8, 4) is 23.1 Å². The fraction of sp³-hybridized carbons (Fsp3) is 0.172. The molecule has 1 amide bonds. The summed E-state index contributed by atoms with van der Waals surface area (Å²) in [5.74, 6) is 0.0399. The molecule has 0 spiro atoms. The number of pyridine rings is 1. The van der Waals surface area contributed by atoms with Gasteiger partial charge in [0.05, 0.1) is 19.1 Å². The van der Waals surface area contributed by atoms with Crippen LogP contribution in [0.2, 0.25) is 0 Å². The van der Waals surface area contributed by atoms with Gasteiger partial charge in [-0.15, -0.1) is 0 Å². The van der Waals surface area contributed by atoms with Crippen LogP contribution in [0.1, 0.15) is 16.7 Å². The van der Waals surface area contributed by atoms with E-state index < -0.39 is 11.4 Å². The minimum absolute atomic E-state index is 0.00624. The molecule has 1 aliphatic rings. The predicted octanol–water partition coefficient (Wildman–Crippen LogP) is 5.40. The molecule has 2 aromatic carbocycles. The van der Waals surface area contributed by atoms with Gasteiger partial charge in [0.25, 0.3) is 11.5 Å². The van der Waals surface area contributed by atoms with E-state index in [4.69, 9.17) is 26.4 Å². The second-order valence-electron chi connectivity index (χ2n) is 8.83. The van der Waals surface area contributed by atoms with Gasteiger partial charge < -0.3 is 14.2 Å². The van der Waals surface area contributed by atoms with Gasteiger partial charge in [-0.2, -0.15) is 4.98 Å². The van der Waals surface area contributed by atoms with E-state index in [-0.39, 0.29) is 28.0 Å². The smallest absolute Gasteiger partial charge is 0.269 e. The summed E-state index contributed by atoms with van der Waals surface area (Å²) in [5, 5.41) is 0. The molecule has 0 atom stereocenters. The number of carbonyl (C=O) groups excluding carboxylic acids is 1. The van der Waals surface area contributed by atoms with Crippen LogP contribution in [0.4, 0.5) is 4.39 Å². The van der Waals surface area contributed by atoms with Crippen molar-refractivity contribution in [2.75, 3.05) is 20.8 Å². The van der Waals surface area contributed by atoms with Gasteiger partial charge in [0, 0.05) is 12.7 Å². The molecule has 5 rings (SSSR count). The molecule has 3 heterocycles. The van der Waals surface area contributed by atoms with Crippen LogP contribution in [0, 0.1) is 12.7 Å². The Bertz CT molecular complexity index is 1740. The number of aromatic nitrogens is 2. The van der Waals surface area contributed by atoms with Gasteiger partial charge in [0.2, 0.25) is 5.88 Å². The van der Waals surface area contributed by atoms with Gasteiger partial charge >= 0.3 is 0 Å². The Kier molecular flexibility index (Phi) is 7.85. The SMILES string of the molecule is COc1ccc(CCN2C(=O)/C(=C\c3c(Oc4ccccc4F)nc4c(C)cccn4c3=O)SC2=S)cc1OC. The molecule has 0 aliphatic carbocycles. The lowest BCUT2D eigenvalue weighted by atomic mass is 10.1. The zero-order valence-corrected chi connectivity index (χ0v) is 23.5. The molecule has 1 aliphatic heterocycles. The number of methoxy groups -OCH3 is 2. The second-order valence-corrected chi connectivity index (χ2v) is 10.5.